The number of aryl methyl sites for hydroxylation is 1. The molecule has 2 nitrogen and oxygen atoms in total. The van der Waals surface area contributed by atoms with Crippen LogP contribution in [0.4, 0.5) is 0 Å². The summed E-state index contributed by atoms with van der Waals surface area (Å²) in [6, 6.07) is 10.4. The molecule has 2 rings (SSSR count). The molecule has 1 aromatic carbocycles. The average molecular weight is 216 g/mol. The third-order valence-corrected chi connectivity index (χ3v) is 2.98. The van der Waals surface area contributed by atoms with Crippen molar-refractivity contribution >= 4 is 11.8 Å². The van der Waals surface area contributed by atoms with Crippen molar-refractivity contribution in [1.29, 1.82) is 0 Å². The third kappa shape index (κ3) is 3.06. The summed E-state index contributed by atoms with van der Waals surface area (Å²) in [6.45, 7) is 2.09. The summed E-state index contributed by atoms with van der Waals surface area (Å²) < 4.78 is 0. The molecule has 0 unspecified atom stereocenters. The van der Waals surface area contributed by atoms with Crippen LogP contribution in [-0.4, -0.2) is 9.97 Å². The van der Waals surface area contributed by atoms with Gasteiger partial charge in [0.15, 0.2) is 5.16 Å². The lowest BCUT2D eigenvalue weighted by molar-refractivity contribution is 0.966. The summed E-state index contributed by atoms with van der Waals surface area (Å²) in [5.41, 5.74) is 2.60. The second kappa shape index (κ2) is 4.94. The Morgan fingerprint density at radius 1 is 1.07 bits per heavy atom. The normalized spacial score (nSPS) is 10.2. The largest absolute Gasteiger partial charge is 0.231 e. The quantitative estimate of drug-likeness (QED) is 0.582. The highest BCUT2D eigenvalue weighted by Gasteiger charge is 1.97. The SMILES string of the molecule is Cc1ccc(CSc2ncccn2)cc1. The molecule has 0 fully saturated rings. The highest BCUT2D eigenvalue weighted by atomic mass is 32.2. The van der Waals surface area contributed by atoms with Crippen molar-refractivity contribution in [2.45, 2.75) is 17.8 Å². The van der Waals surface area contributed by atoms with Crippen molar-refractivity contribution in [3.63, 3.8) is 0 Å². The Labute approximate surface area is 93.8 Å². The number of nitrogens with zero attached hydrogens (tertiary/aromatic N) is 2. The van der Waals surface area contributed by atoms with E-state index in [0.717, 1.165) is 10.9 Å². The summed E-state index contributed by atoms with van der Waals surface area (Å²) in [5.74, 6) is 0.921. The van der Waals surface area contributed by atoms with Gasteiger partial charge in [-0.3, -0.25) is 0 Å². The first-order valence-electron chi connectivity index (χ1n) is 4.80. The van der Waals surface area contributed by atoms with Gasteiger partial charge in [-0.05, 0) is 18.6 Å². The van der Waals surface area contributed by atoms with E-state index < -0.39 is 0 Å². The van der Waals surface area contributed by atoms with E-state index in [1.807, 2.05) is 6.07 Å². The zero-order chi connectivity index (χ0) is 10.5. The molecule has 0 atom stereocenters. The zero-order valence-corrected chi connectivity index (χ0v) is 9.37. The van der Waals surface area contributed by atoms with Gasteiger partial charge in [-0.2, -0.15) is 0 Å². The minimum absolute atomic E-state index is 0.832. The number of benzene rings is 1. The van der Waals surface area contributed by atoms with Crippen LogP contribution in [-0.2, 0) is 5.75 Å². The van der Waals surface area contributed by atoms with Gasteiger partial charge in [0.1, 0.15) is 0 Å². The van der Waals surface area contributed by atoms with E-state index in [4.69, 9.17) is 0 Å². The lowest BCUT2D eigenvalue weighted by Crippen LogP contribution is -1.85. The molecule has 0 aliphatic carbocycles. The molecule has 0 saturated heterocycles. The van der Waals surface area contributed by atoms with Gasteiger partial charge in [0.25, 0.3) is 0 Å². The molecule has 15 heavy (non-hydrogen) atoms. The molecule has 0 saturated carbocycles. The van der Waals surface area contributed by atoms with Gasteiger partial charge in [-0.25, -0.2) is 9.97 Å². The second-order valence-electron chi connectivity index (χ2n) is 3.31. The predicted molar refractivity (Wildman–Crippen MR) is 62.8 cm³/mol. The molecule has 0 radical (unpaired) electrons. The second-order valence-corrected chi connectivity index (χ2v) is 4.25. The summed E-state index contributed by atoms with van der Waals surface area (Å²) in [7, 11) is 0. The standard InChI is InChI=1S/C12H12N2S/c1-10-3-5-11(6-4-10)9-15-12-13-7-2-8-14-12/h2-8H,9H2,1H3. The molecular formula is C12H12N2S. The van der Waals surface area contributed by atoms with Crippen molar-refractivity contribution in [3.05, 3.63) is 53.9 Å². The smallest absolute Gasteiger partial charge is 0.187 e. The highest BCUT2D eigenvalue weighted by molar-refractivity contribution is 7.98. The molecule has 3 heteroatoms. The van der Waals surface area contributed by atoms with Gasteiger partial charge in [0, 0.05) is 18.1 Å². The van der Waals surface area contributed by atoms with Crippen LogP contribution in [0.1, 0.15) is 11.1 Å². The number of thioether (sulfide) groups is 1. The monoisotopic (exact) mass is 216 g/mol. The number of hydrogen-bond acceptors (Lipinski definition) is 3. The van der Waals surface area contributed by atoms with Crippen molar-refractivity contribution in [2.75, 3.05) is 0 Å². The minimum Gasteiger partial charge on any atom is -0.231 e. The molecule has 1 heterocycles. The van der Waals surface area contributed by atoms with Gasteiger partial charge >= 0.3 is 0 Å². The summed E-state index contributed by atoms with van der Waals surface area (Å²) in [5, 5.41) is 0.832. The Morgan fingerprint density at radius 3 is 2.40 bits per heavy atom. The van der Waals surface area contributed by atoms with Crippen molar-refractivity contribution in [3.8, 4) is 0 Å². The topological polar surface area (TPSA) is 25.8 Å². The van der Waals surface area contributed by atoms with Crippen molar-refractivity contribution < 1.29 is 0 Å². The van der Waals surface area contributed by atoms with Crippen LogP contribution in [0, 0.1) is 6.92 Å². The molecule has 0 aliphatic rings. The fraction of sp³-hybridized carbons (Fsp3) is 0.167. The van der Waals surface area contributed by atoms with E-state index in [1.165, 1.54) is 11.1 Å². The van der Waals surface area contributed by atoms with E-state index in [2.05, 4.69) is 41.2 Å². The molecule has 1 aromatic heterocycles. The summed E-state index contributed by atoms with van der Waals surface area (Å²) in [6.07, 6.45) is 3.54. The average Bonchev–Trinajstić information content (AvgIpc) is 2.30. The first kappa shape index (κ1) is 10.2. The number of rotatable bonds is 3. The van der Waals surface area contributed by atoms with Gasteiger partial charge in [-0.15, -0.1) is 0 Å². The first-order chi connectivity index (χ1) is 7.34. The Kier molecular flexibility index (Phi) is 3.35. The lowest BCUT2D eigenvalue weighted by atomic mass is 10.2. The maximum Gasteiger partial charge on any atom is 0.187 e. The van der Waals surface area contributed by atoms with E-state index in [0.29, 0.717) is 0 Å². The van der Waals surface area contributed by atoms with Crippen molar-refractivity contribution in [1.82, 2.24) is 9.97 Å². The maximum absolute atomic E-state index is 4.16. The molecule has 2 aromatic rings. The number of hydrogen-bond donors (Lipinski definition) is 0. The van der Waals surface area contributed by atoms with Crippen LogP contribution in [0.2, 0.25) is 0 Å². The van der Waals surface area contributed by atoms with Crippen LogP contribution < -0.4 is 0 Å². The Balaban J connectivity index is 1.96. The molecule has 0 amide bonds. The fourth-order valence-corrected chi connectivity index (χ4v) is 1.95. The first-order valence-corrected chi connectivity index (χ1v) is 5.78. The Bertz CT molecular complexity index is 411. The van der Waals surface area contributed by atoms with Crippen LogP contribution in [0.5, 0.6) is 0 Å². The minimum atomic E-state index is 0.832. The molecular weight excluding hydrogens is 204 g/mol. The summed E-state index contributed by atoms with van der Waals surface area (Å²) >= 11 is 1.66. The van der Waals surface area contributed by atoms with Gasteiger partial charge in [-0.1, -0.05) is 41.6 Å². The van der Waals surface area contributed by atoms with Gasteiger partial charge in [0.2, 0.25) is 0 Å². The third-order valence-electron chi connectivity index (χ3n) is 2.03. The van der Waals surface area contributed by atoms with Crippen LogP contribution in [0.3, 0.4) is 0 Å². The van der Waals surface area contributed by atoms with E-state index in [9.17, 15) is 0 Å². The molecule has 0 bridgehead atoms. The highest BCUT2D eigenvalue weighted by Crippen LogP contribution is 2.18. The van der Waals surface area contributed by atoms with Crippen LogP contribution in [0.25, 0.3) is 0 Å². The molecule has 0 spiro atoms. The van der Waals surface area contributed by atoms with Crippen LogP contribution >= 0.6 is 11.8 Å². The molecule has 0 N–H and O–H groups in total. The summed E-state index contributed by atoms with van der Waals surface area (Å²) in [4.78, 5) is 8.33. The van der Waals surface area contributed by atoms with Crippen molar-refractivity contribution in [2.24, 2.45) is 0 Å². The van der Waals surface area contributed by atoms with Crippen LogP contribution in [0.15, 0.2) is 47.9 Å². The lowest BCUT2D eigenvalue weighted by Gasteiger charge is -2.00. The number of aromatic nitrogens is 2. The van der Waals surface area contributed by atoms with Gasteiger partial charge < -0.3 is 0 Å². The Morgan fingerprint density at radius 2 is 1.73 bits per heavy atom. The fourth-order valence-electron chi connectivity index (χ4n) is 1.19. The van der Waals surface area contributed by atoms with E-state index in [1.54, 1.807) is 24.2 Å². The molecule has 0 aliphatic heterocycles. The van der Waals surface area contributed by atoms with E-state index >= 15 is 0 Å². The van der Waals surface area contributed by atoms with E-state index in [-0.39, 0.29) is 0 Å². The zero-order valence-electron chi connectivity index (χ0n) is 8.55. The Hall–Kier alpha value is -1.35. The predicted octanol–water partition coefficient (Wildman–Crippen LogP) is 3.08. The molecule has 76 valence electrons. The van der Waals surface area contributed by atoms with Gasteiger partial charge in [0.05, 0.1) is 0 Å². The maximum atomic E-state index is 4.16.